The zero-order chi connectivity index (χ0) is 44.1. The van der Waals surface area contributed by atoms with Gasteiger partial charge in [-0.25, -0.2) is 0 Å². The predicted molar refractivity (Wildman–Crippen MR) is 229 cm³/mol. The van der Waals surface area contributed by atoms with Crippen molar-refractivity contribution in [2.75, 3.05) is 17.9 Å². The van der Waals surface area contributed by atoms with Crippen molar-refractivity contribution >= 4 is 64.9 Å². The van der Waals surface area contributed by atoms with Crippen molar-refractivity contribution in [2.45, 2.75) is 142 Å². The third-order valence-electron chi connectivity index (χ3n) is 10.7. The lowest BCUT2D eigenvalue weighted by atomic mass is 9.85. The molecule has 58 heavy (non-hydrogen) atoms. The summed E-state index contributed by atoms with van der Waals surface area (Å²) in [5, 5.41) is 25.8. The van der Waals surface area contributed by atoms with E-state index in [1.165, 1.54) is 35.3 Å². The van der Waals surface area contributed by atoms with Crippen molar-refractivity contribution in [1.82, 2.24) is 31.5 Å². The monoisotopic (exact) mass is 849 g/mol. The predicted octanol–water partition coefficient (Wildman–Crippen LogP) is 2.09. The minimum atomic E-state index is -1.83. The van der Waals surface area contributed by atoms with Gasteiger partial charge in [0.1, 0.15) is 30.2 Å². The number of amides is 7. The van der Waals surface area contributed by atoms with E-state index in [0.717, 1.165) is 0 Å². The maximum Gasteiger partial charge on any atom is 0.254 e. The molecule has 0 aromatic heterocycles. The first-order chi connectivity index (χ1) is 27.0. The third-order valence-corrected chi connectivity index (χ3v) is 12.7. The molecule has 1 aliphatic rings. The summed E-state index contributed by atoms with van der Waals surface area (Å²) in [5.74, 6) is -4.27. The average Bonchev–Trinajstić information content (AvgIpc) is 3.48. The molecular formula is C41H67N7O8S2. The number of nitrogens with two attached hydrogens (primary N) is 1. The SMILES string of the molecule is CC[C@H](C)[C@H](NC(C)=O)C(=O)N[C@H](C(=O)N[C@@H](Cc1ccccc1)[C@H](O)C(=O)N1CSC(C)(C)[C@@H]1C(=O)N[C@H](C(=O)N[C@@H](CCSC)C(N)=O)[C@@H](C)CC)C(C)(C)C. The molecule has 0 aliphatic carbocycles. The van der Waals surface area contributed by atoms with Crippen LogP contribution in [0.2, 0.25) is 0 Å². The van der Waals surface area contributed by atoms with E-state index in [1.807, 2.05) is 33.1 Å². The lowest BCUT2D eigenvalue weighted by molar-refractivity contribution is -0.148. The Hall–Kier alpha value is -3.83. The topological polar surface area (TPSA) is 229 Å². The minimum Gasteiger partial charge on any atom is -0.381 e. The molecule has 1 aromatic rings. The van der Waals surface area contributed by atoms with Crippen LogP contribution in [0.1, 0.15) is 94.1 Å². The van der Waals surface area contributed by atoms with Gasteiger partial charge in [-0.3, -0.25) is 33.6 Å². The summed E-state index contributed by atoms with van der Waals surface area (Å²) in [6.45, 7) is 17.6. The molecule has 17 heteroatoms. The number of primary amides is 1. The number of benzene rings is 1. The van der Waals surface area contributed by atoms with Crippen molar-refractivity contribution in [3.05, 3.63) is 35.9 Å². The number of rotatable bonds is 21. The van der Waals surface area contributed by atoms with E-state index in [1.54, 1.807) is 65.8 Å². The molecular weight excluding hydrogens is 783 g/mol. The van der Waals surface area contributed by atoms with Crippen LogP contribution in [0, 0.1) is 17.3 Å². The highest BCUT2D eigenvalue weighted by Gasteiger charge is 2.51. The van der Waals surface area contributed by atoms with Gasteiger partial charge in [-0.1, -0.05) is 91.6 Å². The molecule has 15 nitrogen and oxygen atoms in total. The first-order valence-corrected chi connectivity index (χ1v) is 22.3. The van der Waals surface area contributed by atoms with E-state index < -0.39 is 93.9 Å². The van der Waals surface area contributed by atoms with E-state index in [-0.39, 0.29) is 24.1 Å². The molecule has 326 valence electrons. The molecule has 1 fully saturated rings. The zero-order valence-electron chi connectivity index (χ0n) is 36.0. The number of thioether (sulfide) groups is 2. The Kier molecular flexibility index (Phi) is 19.5. The van der Waals surface area contributed by atoms with Gasteiger partial charge in [0, 0.05) is 11.7 Å². The number of aliphatic hydroxyl groups is 1. The molecule has 0 radical (unpaired) electrons. The molecule has 1 heterocycles. The van der Waals surface area contributed by atoms with E-state index in [4.69, 9.17) is 5.73 Å². The van der Waals surface area contributed by atoms with Crippen LogP contribution in [0.15, 0.2) is 30.3 Å². The van der Waals surface area contributed by atoms with E-state index in [9.17, 15) is 38.7 Å². The quantitative estimate of drug-likeness (QED) is 0.0953. The second-order valence-corrected chi connectivity index (χ2v) is 19.4. The highest BCUT2D eigenvalue weighted by Crippen LogP contribution is 2.40. The smallest absolute Gasteiger partial charge is 0.254 e. The number of carbonyl (C=O) groups is 7. The van der Waals surface area contributed by atoms with Crippen molar-refractivity contribution in [2.24, 2.45) is 23.0 Å². The fraction of sp³-hybridized carbons (Fsp3) is 0.683. The molecule has 1 saturated heterocycles. The molecule has 9 atom stereocenters. The normalized spacial score (nSPS) is 19.2. The molecule has 1 aromatic carbocycles. The van der Waals surface area contributed by atoms with Gasteiger partial charge < -0.3 is 42.3 Å². The molecule has 2 rings (SSSR count). The van der Waals surface area contributed by atoms with Gasteiger partial charge >= 0.3 is 0 Å². The van der Waals surface area contributed by atoms with Crippen molar-refractivity contribution in [3.63, 3.8) is 0 Å². The van der Waals surface area contributed by atoms with Crippen molar-refractivity contribution in [3.8, 4) is 0 Å². The van der Waals surface area contributed by atoms with Crippen LogP contribution < -0.4 is 32.3 Å². The van der Waals surface area contributed by atoms with E-state index in [2.05, 4.69) is 26.6 Å². The van der Waals surface area contributed by atoms with Crippen molar-refractivity contribution in [1.29, 1.82) is 0 Å². The Morgan fingerprint density at radius 2 is 1.45 bits per heavy atom. The van der Waals surface area contributed by atoms with Crippen LogP contribution >= 0.6 is 23.5 Å². The summed E-state index contributed by atoms with van der Waals surface area (Å²) in [6, 6.07) is 2.60. The summed E-state index contributed by atoms with van der Waals surface area (Å²) in [6.07, 6.45) is 1.47. The number of hydrogen-bond acceptors (Lipinski definition) is 10. The van der Waals surface area contributed by atoms with Crippen molar-refractivity contribution < 1.29 is 38.7 Å². The Bertz CT molecular complexity index is 1590. The third kappa shape index (κ3) is 14.2. The lowest BCUT2D eigenvalue weighted by Crippen LogP contribution is -2.63. The van der Waals surface area contributed by atoms with Crippen LogP contribution in [0.25, 0.3) is 0 Å². The number of nitrogens with one attached hydrogen (secondary N) is 5. The second-order valence-electron chi connectivity index (χ2n) is 16.8. The van der Waals surface area contributed by atoms with Crippen LogP contribution in [-0.4, -0.2) is 116 Å². The Labute approximate surface area is 352 Å². The molecule has 0 unspecified atom stereocenters. The summed E-state index contributed by atoms with van der Waals surface area (Å²) in [4.78, 5) is 95.5. The standard InChI is InChI=1S/C41H67N7O8S2/c1-12-23(3)29(43-25(5)49)36(53)47-32(40(6,7)8)37(54)45-28(21-26-17-15-14-16-18-26)31(50)39(56)48-22-58-41(9,10)33(48)38(55)46-30(24(4)13-2)35(52)44-27(34(42)51)19-20-57-11/h14-18,23-24,27-33,50H,12-13,19-22H2,1-11H3,(H2,42,51)(H,43,49)(H,44,52)(H,45,54)(H,46,55)(H,47,53)/t23-,24-,27-,28-,29-,30-,31-,32+,33-/m0/s1. The second kappa shape index (κ2) is 22.5. The minimum absolute atomic E-state index is 0.0285. The zero-order valence-corrected chi connectivity index (χ0v) is 37.6. The van der Waals surface area contributed by atoms with Gasteiger partial charge in [0.2, 0.25) is 35.4 Å². The number of carbonyl (C=O) groups excluding carboxylic acids is 7. The Morgan fingerprint density at radius 1 is 0.897 bits per heavy atom. The van der Waals surface area contributed by atoms with E-state index in [0.29, 0.717) is 30.6 Å². The number of nitrogens with zero attached hydrogens (tertiary/aromatic N) is 1. The molecule has 0 bridgehead atoms. The summed E-state index contributed by atoms with van der Waals surface area (Å²) < 4.78 is -0.857. The number of hydrogen-bond donors (Lipinski definition) is 7. The molecule has 0 saturated carbocycles. The Morgan fingerprint density at radius 3 is 1.95 bits per heavy atom. The molecule has 8 N–H and O–H groups in total. The maximum atomic E-state index is 14.4. The van der Waals surface area contributed by atoms with Gasteiger partial charge in [0.25, 0.3) is 5.91 Å². The first-order valence-electron chi connectivity index (χ1n) is 19.9. The van der Waals surface area contributed by atoms with Gasteiger partial charge in [0.15, 0.2) is 6.10 Å². The fourth-order valence-electron chi connectivity index (χ4n) is 6.68. The van der Waals surface area contributed by atoms with Crippen LogP contribution in [-0.2, 0) is 40.0 Å². The van der Waals surface area contributed by atoms with Crippen LogP contribution in [0.3, 0.4) is 0 Å². The van der Waals surface area contributed by atoms with E-state index >= 15 is 0 Å². The van der Waals surface area contributed by atoms with Gasteiger partial charge in [0.05, 0.1) is 11.9 Å². The van der Waals surface area contributed by atoms with Gasteiger partial charge in [-0.2, -0.15) is 11.8 Å². The van der Waals surface area contributed by atoms with Gasteiger partial charge in [-0.05, 0) is 61.5 Å². The summed E-state index contributed by atoms with van der Waals surface area (Å²) in [5.41, 5.74) is 5.44. The van der Waals surface area contributed by atoms with Crippen LogP contribution in [0.4, 0.5) is 0 Å². The van der Waals surface area contributed by atoms with Gasteiger partial charge in [-0.15, -0.1) is 11.8 Å². The highest BCUT2D eigenvalue weighted by atomic mass is 32.2. The lowest BCUT2D eigenvalue weighted by Gasteiger charge is -2.36. The largest absolute Gasteiger partial charge is 0.381 e. The number of aliphatic hydroxyl groups excluding tert-OH is 1. The fourth-order valence-corrected chi connectivity index (χ4v) is 8.29. The Balaban J connectivity index is 2.47. The first kappa shape index (κ1) is 50.3. The highest BCUT2D eigenvalue weighted by molar-refractivity contribution is 8.00. The summed E-state index contributed by atoms with van der Waals surface area (Å²) >= 11 is 2.82. The average molecular weight is 850 g/mol. The maximum absolute atomic E-state index is 14.4. The summed E-state index contributed by atoms with van der Waals surface area (Å²) in [7, 11) is 0. The van der Waals surface area contributed by atoms with Crippen LogP contribution in [0.5, 0.6) is 0 Å². The molecule has 7 amide bonds. The molecule has 0 spiro atoms. The molecule has 1 aliphatic heterocycles.